The highest BCUT2D eigenvalue weighted by molar-refractivity contribution is 6.75. The maximum atomic E-state index is 9.26. The number of benzene rings is 1. The van der Waals surface area contributed by atoms with E-state index in [1.165, 1.54) is 7.11 Å². The van der Waals surface area contributed by atoms with Crippen LogP contribution in [-0.4, -0.2) is 41.3 Å². The minimum atomic E-state index is -3.53. The fourth-order valence-electron chi connectivity index (χ4n) is 2.63. The summed E-state index contributed by atoms with van der Waals surface area (Å²) in [5, 5.41) is 37.0. The van der Waals surface area contributed by atoms with Gasteiger partial charge in [0, 0.05) is 25.5 Å². The molecule has 1 aromatic carbocycles. The van der Waals surface area contributed by atoms with Crippen LogP contribution in [0.2, 0.25) is 0 Å². The van der Waals surface area contributed by atoms with Crippen LogP contribution in [-0.2, 0) is 18.0 Å². The van der Waals surface area contributed by atoms with Gasteiger partial charge in [-0.25, -0.2) is 0 Å². The lowest BCUT2D eigenvalue weighted by Gasteiger charge is -2.37. The maximum absolute atomic E-state index is 9.26. The predicted octanol–water partition coefficient (Wildman–Crippen LogP) is 2.31. The van der Waals surface area contributed by atoms with Crippen molar-refractivity contribution in [1.82, 2.24) is 0 Å². The van der Waals surface area contributed by atoms with Gasteiger partial charge in [-0.15, -0.1) is 0 Å². The van der Waals surface area contributed by atoms with Crippen LogP contribution < -0.4 is 5.19 Å². The van der Waals surface area contributed by atoms with E-state index in [1.807, 2.05) is 42.5 Å². The molecule has 0 saturated heterocycles. The smallest absolute Gasteiger partial charge is 0.380 e. The first-order valence-corrected chi connectivity index (χ1v) is 10.8. The van der Waals surface area contributed by atoms with Crippen LogP contribution in [0.5, 0.6) is 0 Å². The normalized spacial score (nSPS) is 12.7. The fourth-order valence-corrected chi connectivity index (χ4v) is 5.21. The Morgan fingerprint density at radius 1 is 0.862 bits per heavy atom. The van der Waals surface area contributed by atoms with E-state index in [4.69, 9.17) is 23.3 Å². The SMILES string of the molecule is CO[Si](OCCCOCCC#N)(OC(CC#N)(CC#N)CC#N)c1ccccc1. The average Bonchev–Trinajstić information content (AvgIpc) is 2.73. The third kappa shape index (κ3) is 7.64. The molecule has 0 amide bonds. The van der Waals surface area contributed by atoms with Crippen LogP contribution in [0, 0.1) is 45.3 Å². The summed E-state index contributed by atoms with van der Waals surface area (Å²) < 4.78 is 23.5. The molecule has 1 aromatic rings. The summed E-state index contributed by atoms with van der Waals surface area (Å²) >= 11 is 0. The van der Waals surface area contributed by atoms with Crippen molar-refractivity contribution in [2.75, 3.05) is 26.9 Å². The third-order valence-electron chi connectivity index (χ3n) is 4.03. The molecular weight excluding hydrogens is 388 g/mol. The Hall–Kier alpha value is -2.76. The van der Waals surface area contributed by atoms with Gasteiger partial charge in [0.1, 0.15) is 0 Å². The highest BCUT2D eigenvalue weighted by Crippen LogP contribution is 2.29. The molecule has 9 heteroatoms. The van der Waals surface area contributed by atoms with Crippen LogP contribution in [0.25, 0.3) is 0 Å². The minimum absolute atomic E-state index is 0.139. The zero-order valence-electron chi connectivity index (χ0n) is 16.5. The summed E-state index contributed by atoms with van der Waals surface area (Å²) in [6.45, 7) is 1.02. The van der Waals surface area contributed by atoms with Gasteiger partial charge in [0.2, 0.25) is 0 Å². The van der Waals surface area contributed by atoms with E-state index in [9.17, 15) is 15.8 Å². The molecule has 1 atom stereocenters. The third-order valence-corrected chi connectivity index (χ3v) is 6.90. The van der Waals surface area contributed by atoms with E-state index in [-0.39, 0.29) is 25.9 Å². The molecule has 0 aliphatic rings. The Bertz CT molecular complexity index is 738. The van der Waals surface area contributed by atoms with Gasteiger partial charge in [0.25, 0.3) is 0 Å². The molecule has 0 bridgehead atoms. The van der Waals surface area contributed by atoms with Crippen molar-refractivity contribution in [3.63, 3.8) is 0 Å². The van der Waals surface area contributed by atoms with E-state index < -0.39 is 14.4 Å². The average molecular weight is 413 g/mol. The largest absolute Gasteiger partial charge is 0.537 e. The highest BCUT2D eigenvalue weighted by atomic mass is 28.4. The van der Waals surface area contributed by atoms with Gasteiger partial charge in [-0.3, -0.25) is 0 Å². The summed E-state index contributed by atoms with van der Waals surface area (Å²) in [6, 6.07) is 17.1. The van der Waals surface area contributed by atoms with E-state index in [1.54, 1.807) is 12.1 Å². The van der Waals surface area contributed by atoms with Gasteiger partial charge in [-0.05, 0) is 6.42 Å². The molecule has 1 unspecified atom stereocenters. The van der Waals surface area contributed by atoms with E-state index in [0.29, 0.717) is 31.2 Å². The van der Waals surface area contributed by atoms with Crippen LogP contribution in [0.3, 0.4) is 0 Å². The van der Waals surface area contributed by atoms with Gasteiger partial charge >= 0.3 is 8.80 Å². The first-order valence-electron chi connectivity index (χ1n) is 9.12. The monoisotopic (exact) mass is 412 g/mol. The van der Waals surface area contributed by atoms with Crippen molar-refractivity contribution in [1.29, 1.82) is 21.0 Å². The minimum Gasteiger partial charge on any atom is -0.380 e. The zero-order valence-corrected chi connectivity index (χ0v) is 17.5. The van der Waals surface area contributed by atoms with Crippen LogP contribution in [0.4, 0.5) is 0 Å². The molecule has 0 aromatic heterocycles. The molecule has 0 N–H and O–H groups in total. The molecular formula is C20H24N4O4Si. The number of hydrogen-bond acceptors (Lipinski definition) is 8. The Kier molecular flexibility index (Phi) is 11.2. The van der Waals surface area contributed by atoms with Gasteiger partial charge < -0.3 is 18.0 Å². The number of hydrogen-bond donors (Lipinski definition) is 0. The number of nitrogens with zero attached hydrogens (tertiary/aromatic N) is 4. The summed E-state index contributed by atoms with van der Waals surface area (Å²) in [7, 11) is -2.07. The van der Waals surface area contributed by atoms with Crippen LogP contribution >= 0.6 is 0 Å². The lowest BCUT2D eigenvalue weighted by Crippen LogP contribution is -2.61. The molecule has 8 nitrogen and oxygen atoms in total. The van der Waals surface area contributed by atoms with Gasteiger partial charge in [0.05, 0.1) is 62.2 Å². The molecule has 0 fully saturated rings. The van der Waals surface area contributed by atoms with Gasteiger partial charge in [0.15, 0.2) is 0 Å². The standard InChI is InChI=1S/C20H24N4O4Si/c1-25-29(19-7-3-2-4-8-19,27-18-6-17-26-16-5-12-21)28-20(9-13-22,10-14-23)11-15-24/h2-4,7-8H,5-6,9-11,16-18H2,1H3. The van der Waals surface area contributed by atoms with Crippen LogP contribution in [0.15, 0.2) is 30.3 Å². The quantitative estimate of drug-likeness (QED) is 0.336. The first kappa shape index (κ1) is 24.3. The predicted molar refractivity (Wildman–Crippen MR) is 105 cm³/mol. The molecule has 0 spiro atoms. The van der Waals surface area contributed by atoms with Crippen molar-refractivity contribution in [3.8, 4) is 24.3 Å². The van der Waals surface area contributed by atoms with E-state index in [0.717, 1.165) is 0 Å². The van der Waals surface area contributed by atoms with Crippen LogP contribution in [0.1, 0.15) is 32.1 Å². The summed E-state index contributed by atoms with van der Waals surface area (Å²) in [4.78, 5) is 0. The molecule has 0 aliphatic heterocycles. The molecule has 152 valence electrons. The van der Waals surface area contributed by atoms with Gasteiger partial charge in [-0.1, -0.05) is 30.3 Å². The van der Waals surface area contributed by atoms with Crippen molar-refractivity contribution >= 4 is 14.0 Å². The summed E-state index contributed by atoms with van der Waals surface area (Å²) in [5.41, 5.74) is -1.31. The van der Waals surface area contributed by atoms with Crippen molar-refractivity contribution in [2.24, 2.45) is 0 Å². The summed E-state index contributed by atoms with van der Waals surface area (Å²) in [5.74, 6) is 0. The molecule has 0 radical (unpaired) electrons. The van der Waals surface area contributed by atoms with Crippen molar-refractivity contribution in [2.45, 2.75) is 37.7 Å². The van der Waals surface area contributed by atoms with Gasteiger partial charge in [-0.2, -0.15) is 21.0 Å². The van der Waals surface area contributed by atoms with E-state index in [2.05, 4.69) is 0 Å². The summed E-state index contributed by atoms with van der Waals surface area (Å²) in [6.07, 6.45) is 0.449. The number of rotatable bonds is 14. The Morgan fingerprint density at radius 3 is 2.00 bits per heavy atom. The lowest BCUT2D eigenvalue weighted by molar-refractivity contribution is -0.0114. The fraction of sp³-hybridized carbons (Fsp3) is 0.500. The van der Waals surface area contributed by atoms with E-state index >= 15 is 0 Å². The lowest BCUT2D eigenvalue weighted by atomic mass is 9.94. The zero-order chi connectivity index (χ0) is 21.4. The second-order valence-corrected chi connectivity index (χ2v) is 8.73. The molecule has 0 aliphatic carbocycles. The highest BCUT2D eigenvalue weighted by Gasteiger charge is 2.50. The molecule has 29 heavy (non-hydrogen) atoms. The Balaban J connectivity index is 3.07. The Labute approximate surface area is 172 Å². The van der Waals surface area contributed by atoms with Crippen molar-refractivity contribution in [3.05, 3.63) is 30.3 Å². The Morgan fingerprint density at radius 2 is 1.48 bits per heavy atom. The topological polar surface area (TPSA) is 132 Å². The first-order chi connectivity index (χ1) is 14.1. The molecule has 0 saturated carbocycles. The number of nitriles is 4. The number of ether oxygens (including phenoxy) is 1. The molecule has 1 rings (SSSR count). The second kappa shape index (κ2) is 13.4. The maximum Gasteiger partial charge on any atom is 0.537 e. The second-order valence-electron chi connectivity index (χ2n) is 6.14. The van der Waals surface area contributed by atoms with Crippen molar-refractivity contribution < 1.29 is 18.0 Å². The molecule has 0 heterocycles.